The minimum absolute atomic E-state index is 0.160. The van der Waals surface area contributed by atoms with E-state index in [2.05, 4.69) is 5.32 Å². The zero-order valence-corrected chi connectivity index (χ0v) is 12.5. The third-order valence-corrected chi connectivity index (χ3v) is 3.86. The molecule has 2 atom stereocenters. The number of aliphatic carboxylic acids is 1. The van der Waals surface area contributed by atoms with Gasteiger partial charge in [-0.1, -0.05) is 30.3 Å². The first-order valence-corrected chi connectivity index (χ1v) is 7.33. The van der Waals surface area contributed by atoms with Gasteiger partial charge in [-0.05, 0) is 18.4 Å². The van der Waals surface area contributed by atoms with Gasteiger partial charge in [0.1, 0.15) is 12.1 Å². The number of carboxylic acids is 1. The van der Waals surface area contributed by atoms with Crippen molar-refractivity contribution in [2.75, 3.05) is 6.54 Å². The normalized spacial score (nSPS) is 18.8. The number of carbonyl (C=O) groups excluding carboxylic acids is 2. The molecule has 1 aliphatic rings. The van der Waals surface area contributed by atoms with E-state index in [1.165, 1.54) is 11.8 Å². The lowest BCUT2D eigenvalue weighted by atomic mass is 10.1. The minimum Gasteiger partial charge on any atom is -0.480 e. The van der Waals surface area contributed by atoms with Gasteiger partial charge >= 0.3 is 5.97 Å². The van der Waals surface area contributed by atoms with Crippen LogP contribution in [0.2, 0.25) is 0 Å². The van der Waals surface area contributed by atoms with Crippen molar-refractivity contribution in [1.82, 2.24) is 10.2 Å². The largest absolute Gasteiger partial charge is 0.480 e. The molecule has 0 saturated carbocycles. The van der Waals surface area contributed by atoms with Crippen molar-refractivity contribution in [3.8, 4) is 0 Å². The van der Waals surface area contributed by atoms with Crippen molar-refractivity contribution >= 4 is 17.8 Å². The molecule has 1 aromatic carbocycles. The molecular formula is C16H20N2O4. The lowest BCUT2D eigenvalue weighted by Crippen LogP contribution is -2.51. The Hall–Kier alpha value is -2.37. The van der Waals surface area contributed by atoms with Crippen LogP contribution in [0.15, 0.2) is 30.3 Å². The van der Waals surface area contributed by atoms with Gasteiger partial charge in [0, 0.05) is 19.9 Å². The van der Waals surface area contributed by atoms with Crippen LogP contribution in [0.5, 0.6) is 0 Å². The summed E-state index contributed by atoms with van der Waals surface area (Å²) in [5.74, 6) is -1.63. The molecule has 0 unspecified atom stereocenters. The maximum atomic E-state index is 12.3. The average molecular weight is 304 g/mol. The van der Waals surface area contributed by atoms with E-state index in [1.54, 1.807) is 0 Å². The van der Waals surface area contributed by atoms with Crippen molar-refractivity contribution in [2.45, 2.75) is 38.3 Å². The van der Waals surface area contributed by atoms with E-state index < -0.39 is 24.0 Å². The third kappa shape index (κ3) is 3.84. The van der Waals surface area contributed by atoms with E-state index in [4.69, 9.17) is 0 Å². The van der Waals surface area contributed by atoms with E-state index in [9.17, 15) is 19.5 Å². The quantitative estimate of drug-likeness (QED) is 0.843. The number of carbonyl (C=O) groups is 3. The Morgan fingerprint density at radius 1 is 1.32 bits per heavy atom. The summed E-state index contributed by atoms with van der Waals surface area (Å²) in [6.45, 7) is 1.97. The van der Waals surface area contributed by atoms with Crippen LogP contribution in [0.4, 0.5) is 0 Å². The number of carboxylic acid groups (broad SMARTS) is 1. The van der Waals surface area contributed by atoms with E-state index in [1.807, 2.05) is 30.3 Å². The molecule has 6 nitrogen and oxygen atoms in total. The lowest BCUT2D eigenvalue weighted by molar-refractivity contribution is -0.143. The van der Waals surface area contributed by atoms with E-state index >= 15 is 0 Å². The number of likely N-dealkylation sites (tertiary alicyclic amines) is 1. The Kier molecular flexibility index (Phi) is 5.14. The van der Waals surface area contributed by atoms with Crippen molar-refractivity contribution in [2.24, 2.45) is 0 Å². The maximum Gasteiger partial charge on any atom is 0.326 e. The Labute approximate surface area is 129 Å². The molecule has 0 bridgehead atoms. The molecule has 0 radical (unpaired) electrons. The van der Waals surface area contributed by atoms with E-state index in [-0.39, 0.29) is 12.3 Å². The maximum absolute atomic E-state index is 12.3. The smallest absolute Gasteiger partial charge is 0.326 e. The van der Waals surface area contributed by atoms with Gasteiger partial charge in [-0.15, -0.1) is 0 Å². The second kappa shape index (κ2) is 7.06. The summed E-state index contributed by atoms with van der Waals surface area (Å²) in [5.41, 5.74) is 0.838. The molecule has 0 spiro atoms. The molecule has 22 heavy (non-hydrogen) atoms. The molecule has 0 aliphatic carbocycles. The Morgan fingerprint density at radius 2 is 2.00 bits per heavy atom. The van der Waals surface area contributed by atoms with Gasteiger partial charge in [0.05, 0.1) is 0 Å². The highest BCUT2D eigenvalue weighted by molar-refractivity contribution is 5.90. The van der Waals surface area contributed by atoms with Crippen molar-refractivity contribution in [3.05, 3.63) is 35.9 Å². The highest BCUT2D eigenvalue weighted by Gasteiger charge is 2.34. The van der Waals surface area contributed by atoms with Gasteiger partial charge in [0.25, 0.3) is 0 Å². The molecule has 1 saturated heterocycles. The van der Waals surface area contributed by atoms with Crippen molar-refractivity contribution in [3.63, 3.8) is 0 Å². The topological polar surface area (TPSA) is 86.7 Å². The summed E-state index contributed by atoms with van der Waals surface area (Å²) in [5, 5.41) is 11.9. The molecule has 2 rings (SSSR count). The van der Waals surface area contributed by atoms with Crippen LogP contribution < -0.4 is 5.32 Å². The van der Waals surface area contributed by atoms with E-state index in [0.29, 0.717) is 13.0 Å². The number of nitrogens with zero attached hydrogens (tertiary/aromatic N) is 1. The lowest BCUT2D eigenvalue weighted by Gasteiger charge is -2.24. The molecule has 2 N–H and O–H groups in total. The van der Waals surface area contributed by atoms with Crippen LogP contribution in [0.3, 0.4) is 0 Å². The second-order valence-electron chi connectivity index (χ2n) is 5.46. The van der Waals surface area contributed by atoms with Crippen LogP contribution in [-0.2, 0) is 20.8 Å². The van der Waals surface area contributed by atoms with Crippen molar-refractivity contribution in [1.29, 1.82) is 0 Å². The Morgan fingerprint density at radius 3 is 2.59 bits per heavy atom. The third-order valence-electron chi connectivity index (χ3n) is 3.86. The molecule has 118 valence electrons. The number of amides is 2. The molecular weight excluding hydrogens is 284 g/mol. The van der Waals surface area contributed by atoms with Gasteiger partial charge in [-0.3, -0.25) is 9.59 Å². The molecule has 2 amide bonds. The zero-order chi connectivity index (χ0) is 16.1. The monoisotopic (exact) mass is 304 g/mol. The molecule has 6 heteroatoms. The summed E-state index contributed by atoms with van der Waals surface area (Å²) in [6.07, 6.45) is 1.55. The first kappa shape index (κ1) is 16.0. The summed E-state index contributed by atoms with van der Waals surface area (Å²) >= 11 is 0. The van der Waals surface area contributed by atoms with Gasteiger partial charge < -0.3 is 15.3 Å². The van der Waals surface area contributed by atoms with Gasteiger partial charge in [0.2, 0.25) is 11.8 Å². The molecule has 0 aromatic heterocycles. The van der Waals surface area contributed by atoms with Crippen LogP contribution >= 0.6 is 0 Å². The SMILES string of the molecule is CC(=O)N1CCC[C@@H]1C(=O)N[C@@H](Cc1ccccc1)C(=O)O. The minimum atomic E-state index is -1.08. The van der Waals surface area contributed by atoms with Crippen LogP contribution in [0.25, 0.3) is 0 Å². The Bertz CT molecular complexity index is 559. The van der Waals surface area contributed by atoms with Gasteiger partial charge in [0.15, 0.2) is 0 Å². The summed E-state index contributed by atoms with van der Waals surface area (Å²) in [4.78, 5) is 36.7. The second-order valence-corrected chi connectivity index (χ2v) is 5.46. The predicted molar refractivity (Wildman–Crippen MR) is 80.1 cm³/mol. The van der Waals surface area contributed by atoms with Gasteiger partial charge in [-0.25, -0.2) is 4.79 Å². The number of hydrogen-bond donors (Lipinski definition) is 2. The predicted octanol–water partition coefficient (Wildman–Crippen LogP) is 0.809. The first-order valence-electron chi connectivity index (χ1n) is 7.33. The summed E-state index contributed by atoms with van der Waals surface area (Å²) in [7, 11) is 0. The van der Waals surface area contributed by atoms with Crippen molar-refractivity contribution < 1.29 is 19.5 Å². The summed E-state index contributed by atoms with van der Waals surface area (Å²) < 4.78 is 0. The highest BCUT2D eigenvalue weighted by Crippen LogP contribution is 2.17. The van der Waals surface area contributed by atoms with Crippen LogP contribution in [-0.4, -0.2) is 46.4 Å². The van der Waals surface area contributed by atoms with Gasteiger partial charge in [-0.2, -0.15) is 0 Å². The highest BCUT2D eigenvalue weighted by atomic mass is 16.4. The fourth-order valence-corrected chi connectivity index (χ4v) is 2.73. The number of rotatable bonds is 5. The zero-order valence-electron chi connectivity index (χ0n) is 12.5. The standard InChI is InChI=1S/C16H20N2O4/c1-11(19)18-9-5-8-14(18)15(20)17-13(16(21)22)10-12-6-3-2-4-7-12/h2-4,6-7,13-14H,5,8-10H2,1H3,(H,17,20)(H,21,22)/t13-,14+/m0/s1. The fourth-order valence-electron chi connectivity index (χ4n) is 2.73. The first-order chi connectivity index (χ1) is 10.5. The fraction of sp³-hybridized carbons (Fsp3) is 0.438. The molecule has 1 aliphatic heterocycles. The Balaban J connectivity index is 2.03. The number of nitrogens with one attached hydrogen (secondary N) is 1. The molecule has 1 fully saturated rings. The average Bonchev–Trinajstić information content (AvgIpc) is 2.97. The van der Waals surface area contributed by atoms with Crippen LogP contribution in [0, 0.1) is 0 Å². The van der Waals surface area contributed by atoms with E-state index in [0.717, 1.165) is 12.0 Å². The molecule has 1 heterocycles. The summed E-state index contributed by atoms with van der Waals surface area (Å²) in [6, 6.07) is 7.58. The molecule has 1 aromatic rings. The number of hydrogen-bond acceptors (Lipinski definition) is 3. The number of benzene rings is 1. The van der Waals surface area contributed by atoms with Crippen LogP contribution in [0.1, 0.15) is 25.3 Å².